The lowest BCUT2D eigenvalue weighted by Gasteiger charge is -2.25. The van der Waals surface area contributed by atoms with Crippen molar-refractivity contribution in [1.82, 2.24) is 0 Å². The van der Waals surface area contributed by atoms with Gasteiger partial charge >= 0.3 is 0 Å². The van der Waals surface area contributed by atoms with Crippen LogP contribution in [0.5, 0.6) is 0 Å². The first-order valence-electron chi connectivity index (χ1n) is 4.22. The highest BCUT2D eigenvalue weighted by atomic mass is 16.6. The van der Waals surface area contributed by atoms with Gasteiger partial charge in [0, 0.05) is 13.2 Å². The zero-order chi connectivity index (χ0) is 7.84. The molecule has 2 rings (SSSR count). The molecule has 2 N–H and O–H groups in total. The van der Waals surface area contributed by atoms with Crippen LogP contribution in [-0.4, -0.2) is 35.6 Å². The van der Waals surface area contributed by atoms with Gasteiger partial charge in [-0.05, 0) is 24.7 Å². The summed E-state index contributed by atoms with van der Waals surface area (Å²) in [4.78, 5) is 0. The van der Waals surface area contributed by atoms with Gasteiger partial charge in [-0.3, -0.25) is 0 Å². The van der Waals surface area contributed by atoms with Crippen molar-refractivity contribution in [2.75, 3.05) is 13.2 Å². The fourth-order valence-electron chi connectivity index (χ4n) is 2.02. The van der Waals surface area contributed by atoms with Crippen molar-refractivity contribution >= 4 is 0 Å². The quantitative estimate of drug-likeness (QED) is 0.545. The molecule has 3 nitrogen and oxygen atoms in total. The van der Waals surface area contributed by atoms with E-state index in [0.717, 1.165) is 12.8 Å². The maximum absolute atomic E-state index is 8.96. The number of hydrogen-bond donors (Lipinski definition) is 2. The van der Waals surface area contributed by atoms with E-state index < -0.39 is 0 Å². The Kier molecular flexibility index (Phi) is 1.87. The molecule has 2 aliphatic rings. The maximum Gasteiger partial charge on any atom is 0.0845 e. The number of aliphatic hydroxyl groups excluding tert-OH is 2. The summed E-state index contributed by atoms with van der Waals surface area (Å²) in [6, 6.07) is 0. The van der Waals surface area contributed by atoms with Crippen LogP contribution in [0.4, 0.5) is 0 Å². The molecule has 0 bridgehead atoms. The standard InChI is InChI=1S/C8H14O3/c9-3-5-1-7-8(11-7)2-6(5)4-10/h5-10H,1-4H2/t5-,6+,7+,8-. The summed E-state index contributed by atoms with van der Waals surface area (Å²) in [5, 5.41) is 17.9. The fraction of sp³-hybridized carbons (Fsp3) is 1.00. The van der Waals surface area contributed by atoms with Gasteiger partial charge in [0.2, 0.25) is 0 Å². The second-order valence-corrected chi connectivity index (χ2v) is 3.57. The van der Waals surface area contributed by atoms with Crippen LogP contribution in [0, 0.1) is 11.8 Å². The predicted octanol–water partition coefficient (Wildman–Crippen LogP) is -0.235. The Labute approximate surface area is 66.0 Å². The van der Waals surface area contributed by atoms with Crippen LogP contribution in [0.15, 0.2) is 0 Å². The van der Waals surface area contributed by atoms with Crippen LogP contribution >= 0.6 is 0 Å². The van der Waals surface area contributed by atoms with Gasteiger partial charge in [-0.2, -0.15) is 0 Å². The van der Waals surface area contributed by atoms with Crippen molar-refractivity contribution in [3.8, 4) is 0 Å². The van der Waals surface area contributed by atoms with E-state index in [1.54, 1.807) is 0 Å². The highest BCUT2D eigenvalue weighted by molar-refractivity contribution is 4.95. The Hall–Kier alpha value is -0.120. The molecule has 64 valence electrons. The number of fused-ring (bicyclic) bond motifs is 1. The molecule has 4 atom stereocenters. The summed E-state index contributed by atoms with van der Waals surface area (Å²) in [5.74, 6) is 0.535. The smallest absolute Gasteiger partial charge is 0.0845 e. The molecule has 1 heterocycles. The highest BCUT2D eigenvalue weighted by Crippen LogP contribution is 2.42. The third-order valence-corrected chi connectivity index (χ3v) is 2.89. The number of epoxide rings is 1. The summed E-state index contributed by atoms with van der Waals surface area (Å²) in [7, 11) is 0. The van der Waals surface area contributed by atoms with Gasteiger partial charge in [0.15, 0.2) is 0 Å². The molecule has 1 saturated carbocycles. The van der Waals surface area contributed by atoms with Crippen molar-refractivity contribution < 1.29 is 14.9 Å². The van der Waals surface area contributed by atoms with Gasteiger partial charge in [-0.15, -0.1) is 0 Å². The van der Waals surface area contributed by atoms with E-state index in [9.17, 15) is 0 Å². The van der Waals surface area contributed by atoms with Crippen molar-refractivity contribution in [2.45, 2.75) is 25.0 Å². The first kappa shape index (κ1) is 7.53. The topological polar surface area (TPSA) is 53.0 Å². The Morgan fingerprint density at radius 1 is 1.00 bits per heavy atom. The van der Waals surface area contributed by atoms with Gasteiger partial charge < -0.3 is 14.9 Å². The fourth-order valence-corrected chi connectivity index (χ4v) is 2.02. The van der Waals surface area contributed by atoms with Crippen LogP contribution in [0.25, 0.3) is 0 Å². The molecule has 0 unspecified atom stereocenters. The van der Waals surface area contributed by atoms with Crippen LogP contribution in [0.1, 0.15) is 12.8 Å². The van der Waals surface area contributed by atoms with E-state index in [1.807, 2.05) is 0 Å². The van der Waals surface area contributed by atoms with E-state index in [4.69, 9.17) is 14.9 Å². The van der Waals surface area contributed by atoms with Gasteiger partial charge in [-0.25, -0.2) is 0 Å². The SMILES string of the molecule is OC[C@@H]1C[C@H]2O[C@H]2C[C@@H]1CO. The summed E-state index contributed by atoms with van der Waals surface area (Å²) < 4.78 is 5.32. The molecule has 0 aromatic rings. The Balaban J connectivity index is 1.94. The van der Waals surface area contributed by atoms with E-state index in [1.165, 1.54) is 0 Å². The Morgan fingerprint density at radius 2 is 1.45 bits per heavy atom. The lowest BCUT2D eigenvalue weighted by atomic mass is 9.80. The molecule has 0 aromatic heterocycles. The maximum atomic E-state index is 8.96. The number of hydrogen-bond acceptors (Lipinski definition) is 3. The molecule has 11 heavy (non-hydrogen) atoms. The molecular formula is C8H14O3. The average Bonchev–Trinajstić information content (AvgIpc) is 2.79. The van der Waals surface area contributed by atoms with E-state index in [2.05, 4.69) is 0 Å². The summed E-state index contributed by atoms with van der Waals surface area (Å²) in [6.45, 7) is 0.385. The second kappa shape index (κ2) is 2.73. The lowest BCUT2D eigenvalue weighted by molar-refractivity contribution is 0.0970. The van der Waals surface area contributed by atoms with Crippen molar-refractivity contribution in [2.24, 2.45) is 11.8 Å². The summed E-state index contributed by atoms with van der Waals surface area (Å²) >= 11 is 0. The number of rotatable bonds is 2. The third kappa shape index (κ3) is 1.28. The number of ether oxygens (including phenoxy) is 1. The second-order valence-electron chi connectivity index (χ2n) is 3.57. The summed E-state index contributed by atoms with van der Waals surface area (Å²) in [5.41, 5.74) is 0. The first-order chi connectivity index (χ1) is 5.35. The molecule has 1 saturated heterocycles. The third-order valence-electron chi connectivity index (χ3n) is 2.89. The van der Waals surface area contributed by atoms with Gasteiger partial charge in [0.05, 0.1) is 12.2 Å². The molecule has 0 radical (unpaired) electrons. The minimum atomic E-state index is 0.192. The predicted molar refractivity (Wildman–Crippen MR) is 39.0 cm³/mol. The molecule has 1 aliphatic carbocycles. The Morgan fingerprint density at radius 3 is 1.82 bits per heavy atom. The van der Waals surface area contributed by atoms with E-state index >= 15 is 0 Å². The monoisotopic (exact) mass is 158 g/mol. The van der Waals surface area contributed by atoms with Crippen LogP contribution < -0.4 is 0 Å². The van der Waals surface area contributed by atoms with Crippen molar-refractivity contribution in [3.63, 3.8) is 0 Å². The zero-order valence-electron chi connectivity index (χ0n) is 6.44. The minimum absolute atomic E-state index is 0.192. The van der Waals surface area contributed by atoms with Crippen LogP contribution in [0.2, 0.25) is 0 Å². The molecule has 0 amide bonds. The average molecular weight is 158 g/mol. The molecule has 3 heteroatoms. The number of aliphatic hydroxyl groups is 2. The minimum Gasteiger partial charge on any atom is -0.396 e. The highest BCUT2D eigenvalue weighted by Gasteiger charge is 2.47. The van der Waals surface area contributed by atoms with Gasteiger partial charge in [0.25, 0.3) is 0 Å². The molecular weight excluding hydrogens is 144 g/mol. The summed E-state index contributed by atoms with van der Waals surface area (Å²) in [6.07, 6.45) is 2.67. The molecule has 1 aliphatic heterocycles. The Bertz CT molecular complexity index is 132. The largest absolute Gasteiger partial charge is 0.396 e. The van der Waals surface area contributed by atoms with E-state index in [0.29, 0.717) is 12.2 Å². The molecule has 0 aromatic carbocycles. The molecule has 2 fully saturated rings. The van der Waals surface area contributed by atoms with Crippen molar-refractivity contribution in [3.05, 3.63) is 0 Å². The normalized spacial score (nSPS) is 48.5. The van der Waals surface area contributed by atoms with Crippen molar-refractivity contribution in [1.29, 1.82) is 0 Å². The lowest BCUT2D eigenvalue weighted by Crippen LogP contribution is -2.29. The van der Waals surface area contributed by atoms with Gasteiger partial charge in [-0.1, -0.05) is 0 Å². The zero-order valence-corrected chi connectivity index (χ0v) is 6.44. The van der Waals surface area contributed by atoms with Gasteiger partial charge in [0.1, 0.15) is 0 Å². The van der Waals surface area contributed by atoms with Crippen LogP contribution in [-0.2, 0) is 4.74 Å². The first-order valence-corrected chi connectivity index (χ1v) is 4.22. The van der Waals surface area contributed by atoms with E-state index in [-0.39, 0.29) is 25.0 Å². The van der Waals surface area contributed by atoms with Crippen LogP contribution in [0.3, 0.4) is 0 Å². The molecule has 0 spiro atoms.